The Kier molecular flexibility index (Phi) is 4.59. The number of ether oxygens (including phenoxy) is 1. The van der Waals surface area contributed by atoms with Crippen molar-refractivity contribution >= 4 is 6.09 Å². The Balaban J connectivity index is 1.75. The van der Waals surface area contributed by atoms with E-state index in [1.807, 2.05) is 30.3 Å². The molecule has 18 heavy (non-hydrogen) atoms. The van der Waals surface area contributed by atoms with Gasteiger partial charge in [-0.3, -0.25) is 0 Å². The molecule has 4 heteroatoms. The summed E-state index contributed by atoms with van der Waals surface area (Å²) in [6, 6.07) is 10.2. The molecule has 1 aromatic carbocycles. The van der Waals surface area contributed by atoms with Crippen molar-refractivity contribution in [2.45, 2.75) is 38.5 Å². The van der Waals surface area contributed by atoms with Gasteiger partial charge in [0.15, 0.2) is 0 Å². The van der Waals surface area contributed by atoms with Gasteiger partial charge in [-0.1, -0.05) is 30.3 Å². The third-order valence-electron chi connectivity index (χ3n) is 3.28. The van der Waals surface area contributed by atoms with Crippen molar-refractivity contribution in [1.82, 2.24) is 10.6 Å². The van der Waals surface area contributed by atoms with Crippen LogP contribution in [0.2, 0.25) is 0 Å². The molecule has 1 saturated heterocycles. The third kappa shape index (κ3) is 3.74. The van der Waals surface area contributed by atoms with Crippen molar-refractivity contribution in [1.29, 1.82) is 0 Å². The minimum atomic E-state index is -0.334. The van der Waals surface area contributed by atoms with E-state index in [0.717, 1.165) is 24.9 Å². The molecule has 0 unspecified atom stereocenters. The lowest BCUT2D eigenvalue weighted by Gasteiger charge is -2.30. The van der Waals surface area contributed by atoms with Gasteiger partial charge in [-0.15, -0.1) is 0 Å². The highest BCUT2D eigenvalue weighted by Gasteiger charge is 2.22. The highest BCUT2D eigenvalue weighted by atomic mass is 16.5. The maximum Gasteiger partial charge on any atom is 0.407 e. The monoisotopic (exact) mass is 248 g/mol. The largest absolute Gasteiger partial charge is 0.445 e. The predicted molar refractivity (Wildman–Crippen MR) is 70.2 cm³/mol. The lowest BCUT2D eigenvalue weighted by Crippen LogP contribution is -2.51. The molecule has 0 spiro atoms. The Morgan fingerprint density at radius 1 is 1.44 bits per heavy atom. The van der Waals surface area contributed by atoms with Crippen LogP contribution in [0, 0.1) is 0 Å². The van der Waals surface area contributed by atoms with Crippen LogP contribution >= 0.6 is 0 Å². The van der Waals surface area contributed by atoms with Crippen LogP contribution in [0.3, 0.4) is 0 Å². The van der Waals surface area contributed by atoms with Crippen LogP contribution in [-0.2, 0) is 11.3 Å². The number of hydrogen-bond donors (Lipinski definition) is 2. The van der Waals surface area contributed by atoms with Crippen LogP contribution in [0.25, 0.3) is 0 Å². The summed E-state index contributed by atoms with van der Waals surface area (Å²) in [6.45, 7) is 3.43. The summed E-state index contributed by atoms with van der Waals surface area (Å²) in [7, 11) is 0. The van der Waals surface area contributed by atoms with Crippen LogP contribution < -0.4 is 10.6 Å². The summed E-state index contributed by atoms with van der Waals surface area (Å²) in [5.41, 5.74) is 1.00. The Bertz CT molecular complexity index is 381. The molecule has 1 amide bonds. The summed E-state index contributed by atoms with van der Waals surface area (Å²) in [5.74, 6) is 0. The maximum absolute atomic E-state index is 11.7. The van der Waals surface area contributed by atoms with Crippen molar-refractivity contribution < 1.29 is 9.53 Å². The van der Waals surface area contributed by atoms with Gasteiger partial charge in [0, 0.05) is 12.1 Å². The molecule has 0 radical (unpaired) electrons. The molecule has 4 nitrogen and oxygen atoms in total. The van der Waals surface area contributed by atoms with Crippen molar-refractivity contribution in [3.63, 3.8) is 0 Å². The summed E-state index contributed by atoms with van der Waals surface area (Å²) >= 11 is 0. The van der Waals surface area contributed by atoms with E-state index in [-0.39, 0.29) is 12.1 Å². The van der Waals surface area contributed by atoms with E-state index in [1.165, 1.54) is 0 Å². The zero-order valence-corrected chi connectivity index (χ0v) is 10.7. The van der Waals surface area contributed by atoms with Gasteiger partial charge in [-0.2, -0.15) is 0 Å². The van der Waals surface area contributed by atoms with E-state index in [0.29, 0.717) is 12.6 Å². The normalized spacial score (nSPS) is 23.4. The highest BCUT2D eigenvalue weighted by molar-refractivity contribution is 5.67. The molecule has 1 fully saturated rings. The zero-order valence-electron chi connectivity index (χ0n) is 10.7. The lowest BCUT2D eigenvalue weighted by molar-refractivity contribution is 0.130. The number of amides is 1. The number of hydrogen-bond acceptors (Lipinski definition) is 3. The van der Waals surface area contributed by atoms with Gasteiger partial charge in [0.1, 0.15) is 6.61 Å². The topological polar surface area (TPSA) is 50.4 Å². The molecule has 0 aromatic heterocycles. The van der Waals surface area contributed by atoms with E-state index in [2.05, 4.69) is 17.6 Å². The van der Waals surface area contributed by atoms with Crippen LogP contribution in [0.15, 0.2) is 30.3 Å². The van der Waals surface area contributed by atoms with Crippen molar-refractivity contribution in [2.24, 2.45) is 0 Å². The molecular formula is C14H20N2O2. The fraction of sp³-hybridized carbons (Fsp3) is 0.500. The molecule has 1 aliphatic heterocycles. The summed E-state index contributed by atoms with van der Waals surface area (Å²) in [6.07, 6.45) is 1.77. The lowest BCUT2D eigenvalue weighted by atomic mass is 10.0. The number of piperidine rings is 1. The molecule has 1 aromatic rings. The van der Waals surface area contributed by atoms with E-state index < -0.39 is 0 Å². The number of carbonyl (C=O) groups is 1. The molecule has 0 aliphatic carbocycles. The second kappa shape index (κ2) is 6.40. The fourth-order valence-corrected chi connectivity index (χ4v) is 2.16. The zero-order chi connectivity index (χ0) is 12.8. The van der Waals surface area contributed by atoms with Gasteiger partial charge in [0.05, 0.1) is 0 Å². The predicted octanol–water partition coefficient (Wildman–Crippen LogP) is 2.05. The molecule has 1 heterocycles. The van der Waals surface area contributed by atoms with Crippen LogP contribution in [0.5, 0.6) is 0 Å². The minimum Gasteiger partial charge on any atom is -0.445 e. The molecule has 98 valence electrons. The van der Waals surface area contributed by atoms with Gasteiger partial charge in [0.25, 0.3) is 0 Å². The van der Waals surface area contributed by atoms with Crippen molar-refractivity contribution in [2.75, 3.05) is 6.54 Å². The molecule has 2 atom stereocenters. The molecule has 2 rings (SSSR count). The first-order valence-electron chi connectivity index (χ1n) is 6.46. The van der Waals surface area contributed by atoms with Gasteiger partial charge in [-0.25, -0.2) is 4.79 Å². The van der Waals surface area contributed by atoms with Crippen LogP contribution in [0.1, 0.15) is 25.3 Å². The van der Waals surface area contributed by atoms with Gasteiger partial charge < -0.3 is 15.4 Å². The Hall–Kier alpha value is -1.55. The Morgan fingerprint density at radius 3 is 2.94 bits per heavy atom. The van der Waals surface area contributed by atoms with Crippen molar-refractivity contribution in [3.05, 3.63) is 35.9 Å². The standard InChI is InChI=1S/C14H20N2O2/c1-11-13(8-5-9-15-11)16-14(17)18-10-12-6-3-2-4-7-12/h2-4,6-7,11,13,15H,5,8-10H2,1H3,(H,16,17)/t11-,13+/m1/s1. The summed E-state index contributed by atoms with van der Waals surface area (Å²) in [5, 5.41) is 6.26. The fourth-order valence-electron chi connectivity index (χ4n) is 2.16. The van der Waals surface area contributed by atoms with Gasteiger partial charge in [0.2, 0.25) is 0 Å². The van der Waals surface area contributed by atoms with E-state index in [9.17, 15) is 4.79 Å². The first kappa shape index (κ1) is 12.9. The maximum atomic E-state index is 11.7. The molecule has 1 aliphatic rings. The molecule has 0 saturated carbocycles. The first-order chi connectivity index (χ1) is 8.75. The quantitative estimate of drug-likeness (QED) is 0.860. The highest BCUT2D eigenvalue weighted by Crippen LogP contribution is 2.08. The van der Waals surface area contributed by atoms with Crippen LogP contribution in [-0.4, -0.2) is 24.7 Å². The molecular weight excluding hydrogens is 228 g/mol. The van der Waals surface area contributed by atoms with Gasteiger partial charge in [-0.05, 0) is 31.9 Å². The number of rotatable bonds is 3. The summed E-state index contributed by atoms with van der Waals surface area (Å²) < 4.78 is 5.20. The van der Waals surface area contributed by atoms with E-state index in [1.54, 1.807) is 0 Å². The second-order valence-corrected chi connectivity index (χ2v) is 4.70. The van der Waals surface area contributed by atoms with Crippen LogP contribution in [0.4, 0.5) is 4.79 Å². The molecule has 0 bridgehead atoms. The van der Waals surface area contributed by atoms with Crippen molar-refractivity contribution in [3.8, 4) is 0 Å². The summed E-state index contributed by atoms with van der Waals surface area (Å²) in [4.78, 5) is 11.7. The smallest absolute Gasteiger partial charge is 0.407 e. The first-order valence-corrected chi connectivity index (χ1v) is 6.46. The molecule has 2 N–H and O–H groups in total. The second-order valence-electron chi connectivity index (χ2n) is 4.70. The number of nitrogens with one attached hydrogen (secondary N) is 2. The third-order valence-corrected chi connectivity index (χ3v) is 3.28. The van der Waals surface area contributed by atoms with E-state index in [4.69, 9.17) is 4.74 Å². The number of alkyl carbamates (subject to hydrolysis) is 1. The SMILES string of the molecule is C[C@H]1NCCC[C@@H]1NC(=O)OCc1ccccc1. The van der Waals surface area contributed by atoms with E-state index >= 15 is 0 Å². The Morgan fingerprint density at radius 2 is 2.22 bits per heavy atom. The Labute approximate surface area is 108 Å². The number of benzene rings is 1. The average molecular weight is 248 g/mol. The van der Waals surface area contributed by atoms with Gasteiger partial charge >= 0.3 is 6.09 Å². The average Bonchev–Trinajstić information content (AvgIpc) is 2.40. The minimum absolute atomic E-state index is 0.169. The number of carbonyl (C=O) groups excluding carboxylic acids is 1.